The summed E-state index contributed by atoms with van der Waals surface area (Å²) in [7, 11) is 0. The van der Waals surface area contributed by atoms with Crippen LogP contribution in [0.2, 0.25) is 0 Å². The Morgan fingerprint density at radius 3 is 2.50 bits per heavy atom. The van der Waals surface area contributed by atoms with E-state index in [2.05, 4.69) is 17.0 Å². The maximum Gasteiger partial charge on any atom is 0.328 e. The highest BCUT2D eigenvalue weighted by atomic mass is 16.5. The highest BCUT2D eigenvalue weighted by molar-refractivity contribution is 5.86. The highest BCUT2D eigenvalue weighted by Crippen LogP contribution is 2.38. The molecule has 26 heavy (non-hydrogen) atoms. The Morgan fingerprint density at radius 2 is 1.92 bits per heavy atom. The lowest BCUT2D eigenvalue weighted by molar-refractivity contribution is -0.169. The minimum absolute atomic E-state index is 0.0796. The van der Waals surface area contributed by atoms with Crippen LogP contribution < -0.4 is 0 Å². The summed E-state index contributed by atoms with van der Waals surface area (Å²) in [6.07, 6.45) is 1.98. The van der Waals surface area contributed by atoms with Crippen molar-refractivity contribution in [1.29, 1.82) is 0 Å². The van der Waals surface area contributed by atoms with E-state index in [0.29, 0.717) is 19.3 Å². The van der Waals surface area contributed by atoms with Gasteiger partial charge in [0.05, 0.1) is 6.61 Å². The normalized spacial score (nSPS) is 23.9. The third kappa shape index (κ3) is 3.62. The first-order valence-electron chi connectivity index (χ1n) is 9.43. The molecule has 2 aliphatic rings. The average Bonchev–Trinajstić information content (AvgIpc) is 3.02. The maximum atomic E-state index is 12.9. The van der Waals surface area contributed by atoms with Gasteiger partial charge >= 0.3 is 5.97 Å². The lowest BCUT2D eigenvalue weighted by atomic mass is 9.95. The molecule has 2 saturated heterocycles. The van der Waals surface area contributed by atoms with Crippen LogP contribution in [0.1, 0.15) is 38.7 Å². The number of carbonyl (C=O) groups is 2. The van der Waals surface area contributed by atoms with E-state index in [1.807, 2.05) is 32.0 Å². The second kappa shape index (κ2) is 7.76. The Kier molecular flexibility index (Phi) is 5.63. The minimum atomic E-state index is -0.981. The summed E-state index contributed by atoms with van der Waals surface area (Å²) < 4.78 is 5.98. The molecule has 1 aromatic rings. The Balaban J connectivity index is 1.72. The SMILES string of the molecule is CCC(C)C(=O)N1C(C(=O)O)COC12CCN(Cc1ccccc1)CC2. The summed E-state index contributed by atoms with van der Waals surface area (Å²) in [4.78, 5) is 28.5. The van der Waals surface area contributed by atoms with E-state index in [1.165, 1.54) is 5.56 Å². The van der Waals surface area contributed by atoms with Crippen LogP contribution in [0.15, 0.2) is 30.3 Å². The van der Waals surface area contributed by atoms with Crippen molar-refractivity contribution in [2.45, 2.75) is 51.4 Å². The zero-order valence-electron chi connectivity index (χ0n) is 15.6. The van der Waals surface area contributed by atoms with E-state index < -0.39 is 17.7 Å². The number of nitrogens with zero attached hydrogens (tertiary/aromatic N) is 2. The quantitative estimate of drug-likeness (QED) is 0.873. The van der Waals surface area contributed by atoms with Gasteiger partial charge < -0.3 is 9.84 Å². The third-order valence-electron chi connectivity index (χ3n) is 5.70. The standard InChI is InChI=1S/C20H28N2O4/c1-3-15(2)18(23)22-17(19(24)25)14-26-20(22)9-11-21(12-10-20)13-16-7-5-4-6-8-16/h4-8,15,17H,3,9-14H2,1-2H3,(H,24,25). The molecule has 1 N–H and O–H groups in total. The van der Waals surface area contributed by atoms with E-state index >= 15 is 0 Å². The minimum Gasteiger partial charge on any atom is -0.480 e. The number of hydrogen-bond donors (Lipinski definition) is 1. The van der Waals surface area contributed by atoms with E-state index in [-0.39, 0.29) is 18.4 Å². The summed E-state index contributed by atoms with van der Waals surface area (Å²) in [6.45, 7) is 6.31. The van der Waals surface area contributed by atoms with Gasteiger partial charge in [0, 0.05) is 38.4 Å². The number of carboxylic acids is 1. The first-order valence-corrected chi connectivity index (χ1v) is 9.43. The molecule has 0 aromatic heterocycles. The van der Waals surface area contributed by atoms with Crippen molar-refractivity contribution >= 4 is 11.9 Å². The monoisotopic (exact) mass is 360 g/mol. The second-order valence-corrected chi connectivity index (χ2v) is 7.39. The van der Waals surface area contributed by atoms with Gasteiger partial charge in [-0.1, -0.05) is 44.2 Å². The summed E-state index contributed by atoms with van der Waals surface area (Å²) in [5, 5.41) is 9.56. The van der Waals surface area contributed by atoms with Gasteiger partial charge in [-0.25, -0.2) is 4.79 Å². The lowest BCUT2D eigenvalue weighted by Crippen LogP contribution is -2.59. The van der Waals surface area contributed by atoms with Crippen molar-refractivity contribution < 1.29 is 19.4 Å². The van der Waals surface area contributed by atoms with Crippen LogP contribution >= 0.6 is 0 Å². The Morgan fingerprint density at radius 1 is 1.27 bits per heavy atom. The molecule has 0 bridgehead atoms. The van der Waals surface area contributed by atoms with Crippen molar-refractivity contribution in [2.24, 2.45) is 5.92 Å². The Hall–Kier alpha value is -1.92. The largest absolute Gasteiger partial charge is 0.480 e. The first kappa shape index (κ1) is 18.9. The first-order chi connectivity index (χ1) is 12.5. The van der Waals surface area contributed by atoms with E-state index in [9.17, 15) is 14.7 Å². The molecule has 0 radical (unpaired) electrons. The fourth-order valence-corrected chi connectivity index (χ4v) is 3.90. The number of carbonyl (C=O) groups excluding carboxylic acids is 1. The Labute approximate surface area is 154 Å². The van der Waals surface area contributed by atoms with E-state index in [0.717, 1.165) is 19.6 Å². The van der Waals surface area contributed by atoms with Crippen LogP contribution in [0.4, 0.5) is 0 Å². The number of amides is 1. The highest BCUT2D eigenvalue weighted by Gasteiger charge is 2.54. The van der Waals surface area contributed by atoms with Crippen LogP contribution in [0.5, 0.6) is 0 Å². The van der Waals surface area contributed by atoms with Gasteiger partial charge in [-0.2, -0.15) is 0 Å². The van der Waals surface area contributed by atoms with Gasteiger partial charge in [0.1, 0.15) is 5.72 Å². The zero-order chi connectivity index (χ0) is 18.7. The summed E-state index contributed by atoms with van der Waals surface area (Å²) >= 11 is 0. The maximum absolute atomic E-state index is 12.9. The molecule has 6 heteroatoms. The number of hydrogen-bond acceptors (Lipinski definition) is 4. The van der Waals surface area contributed by atoms with E-state index in [1.54, 1.807) is 4.90 Å². The summed E-state index contributed by atoms with van der Waals surface area (Å²) in [5.74, 6) is -1.28. The van der Waals surface area contributed by atoms with Gasteiger partial charge in [-0.15, -0.1) is 0 Å². The number of rotatable bonds is 5. The number of aliphatic carboxylic acids is 1. The molecule has 6 nitrogen and oxygen atoms in total. The van der Waals surface area contributed by atoms with Crippen LogP contribution in [0.3, 0.4) is 0 Å². The van der Waals surface area contributed by atoms with Crippen molar-refractivity contribution in [3.8, 4) is 0 Å². The predicted molar refractivity (Wildman–Crippen MR) is 97.4 cm³/mol. The molecule has 2 aliphatic heterocycles. The van der Waals surface area contributed by atoms with Crippen molar-refractivity contribution in [1.82, 2.24) is 9.80 Å². The molecule has 1 aromatic carbocycles. The van der Waals surface area contributed by atoms with Crippen LogP contribution in [-0.4, -0.2) is 58.2 Å². The number of likely N-dealkylation sites (tertiary alicyclic amines) is 1. The molecule has 3 rings (SSSR count). The summed E-state index contributed by atoms with van der Waals surface area (Å²) in [5.41, 5.74) is 0.489. The molecule has 1 amide bonds. The molecule has 2 fully saturated rings. The molecule has 0 saturated carbocycles. The molecule has 1 spiro atoms. The molecule has 142 valence electrons. The fraction of sp³-hybridized carbons (Fsp3) is 0.600. The van der Waals surface area contributed by atoms with Gasteiger partial charge in [0.2, 0.25) is 5.91 Å². The summed E-state index contributed by atoms with van der Waals surface area (Å²) in [6, 6.07) is 9.41. The van der Waals surface area contributed by atoms with Crippen LogP contribution in [-0.2, 0) is 20.9 Å². The van der Waals surface area contributed by atoms with Gasteiger partial charge in [-0.05, 0) is 12.0 Å². The number of piperidine rings is 1. The van der Waals surface area contributed by atoms with E-state index in [4.69, 9.17) is 4.74 Å². The molecule has 2 unspecified atom stereocenters. The average molecular weight is 360 g/mol. The van der Waals surface area contributed by atoms with Gasteiger partial charge in [-0.3, -0.25) is 14.6 Å². The van der Waals surface area contributed by atoms with Gasteiger partial charge in [0.25, 0.3) is 0 Å². The van der Waals surface area contributed by atoms with Crippen LogP contribution in [0.25, 0.3) is 0 Å². The topological polar surface area (TPSA) is 70.1 Å². The predicted octanol–water partition coefficient (Wildman–Crippen LogP) is 2.34. The van der Waals surface area contributed by atoms with Crippen molar-refractivity contribution in [3.05, 3.63) is 35.9 Å². The zero-order valence-corrected chi connectivity index (χ0v) is 15.6. The number of ether oxygens (including phenoxy) is 1. The molecular weight excluding hydrogens is 332 g/mol. The van der Waals surface area contributed by atoms with Crippen molar-refractivity contribution in [2.75, 3.05) is 19.7 Å². The second-order valence-electron chi connectivity index (χ2n) is 7.39. The molecular formula is C20H28N2O4. The van der Waals surface area contributed by atoms with Crippen LogP contribution in [0, 0.1) is 5.92 Å². The smallest absolute Gasteiger partial charge is 0.328 e. The lowest BCUT2D eigenvalue weighted by Gasteiger charge is -2.45. The number of benzene rings is 1. The number of carboxylic acid groups (broad SMARTS) is 1. The molecule has 2 atom stereocenters. The Bertz CT molecular complexity index is 640. The fourth-order valence-electron chi connectivity index (χ4n) is 3.90. The molecule has 0 aliphatic carbocycles. The third-order valence-corrected chi connectivity index (χ3v) is 5.70. The van der Waals surface area contributed by atoms with Gasteiger partial charge in [0.15, 0.2) is 6.04 Å². The van der Waals surface area contributed by atoms with Crippen molar-refractivity contribution in [3.63, 3.8) is 0 Å². The molecule has 2 heterocycles.